The third-order valence-electron chi connectivity index (χ3n) is 3.48. The molecule has 0 radical (unpaired) electrons. The minimum absolute atomic E-state index is 0.118. The van der Waals surface area contributed by atoms with Crippen molar-refractivity contribution in [2.24, 2.45) is 0 Å². The van der Waals surface area contributed by atoms with Crippen molar-refractivity contribution in [1.29, 1.82) is 0 Å². The van der Waals surface area contributed by atoms with Crippen molar-refractivity contribution in [2.75, 3.05) is 0 Å². The molecular weight excluding hydrogens is 310 g/mol. The maximum Gasteiger partial charge on any atom is 0.347 e. The van der Waals surface area contributed by atoms with Gasteiger partial charge in [-0.1, -0.05) is 6.08 Å². The lowest BCUT2D eigenvalue weighted by Gasteiger charge is -2.08. The minimum Gasteiger partial charge on any atom is -0.465 e. The van der Waals surface area contributed by atoms with E-state index in [1.807, 2.05) is 26.0 Å². The maximum absolute atomic E-state index is 12.3. The smallest absolute Gasteiger partial charge is 0.347 e. The summed E-state index contributed by atoms with van der Waals surface area (Å²) in [5.41, 5.74) is 0.601. The molecule has 0 amide bonds. The van der Waals surface area contributed by atoms with Crippen LogP contribution >= 0.6 is 0 Å². The Morgan fingerprint density at radius 1 is 1.21 bits per heavy atom. The predicted molar refractivity (Wildman–Crippen MR) is 89.8 cm³/mol. The molecule has 0 aliphatic heterocycles. The van der Waals surface area contributed by atoms with Crippen LogP contribution in [0.25, 0.3) is 34.7 Å². The van der Waals surface area contributed by atoms with Gasteiger partial charge in [0.2, 0.25) is 0 Å². The number of ether oxygens (including phenoxy) is 1. The average molecular weight is 327 g/mol. The second-order valence-electron chi connectivity index (χ2n) is 5.21. The van der Waals surface area contributed by atoms with Gasteiger partial charge in [0.25, 0.3) is 5.89 Å². The lowest BCUT2D eigenvalue weighted by Crippen LogP contribution is -2.17. The zero-order valence-corrected chi connectivity index (χ0v) is 13.6. The molecule has 1 N–H and O–H groups in total. The van der Waals surface area contributed by atoms with Gasteiger partial charge in [0.15, 0.2) is 12.1 Å². The number of benzene rings is 1. The lowest BCUT2D eigenvalue weighted by atomic mass is 10.2. The Hall–Kier alpha value is -2.86. The molecule has 0 fully saturated rings. The first-order valence-corrected chi connectivity index (χ1v) is 7.54. The summed E-state index contributed by atoms with van der Waals surface area (Å²) in [6, 6.07) is 6.53. The molecule has 3 aromatic rings. The molecule has 0 aliphatic carbocycles. The zero-order valence-electron chi connectivity index (χ0n) is 13.6. The molecule has 124 valence electrons. The summed E-state index contributed by atoms with van der Waals surface area (Å²) in [7, 11) is 0. The molecule has 24 heavy (non-hydrogen) atoms. The quantitative estimate of drug-likeness (QED) is 0.738. The summed E-state index contributed by atoms with van der Waals surface area (Å²) in [6.45, 7) is 5.24. The van der Waals surface area contributed by atoms with Crippen LogP contribution in [-0.2, 0) is 0 Å². The molecular formula is C18H17NO5. The average Bonchev–Trinajstić information content (AvgIpc) is 2.98. The van der Waals surface area contributed by atoms with Crippen LogP contribution in [0.3, 0.4) is 0 Å². The van der Waals surface area contributed by atoms with Crippen molar-refractivity contribution in [3.8, 4) is 17.4 Å². The topological polar surface area (TPSA) is 85.7 Å². The first kappa shape index (κ1) is 16.0. The normalized spacial score (nSPS) is 14.3. The van der Waals surface area contributed by atoms with Gasteiger partial charge in [0, 0.05) is 5.22 Å². The van der Waals surface area contributed by atoms with E-state index in [-0.39, 0.29) is 11.3 Å². The van der Waals surface area contributed by atoms with Crippen molar-refractivity contribution in [3.63, 3.8) is 0 Å². The summed E-state index contributed by atoms with van der Waals surface area (Å²) < 4.78 is 16.1. The molecule has 3 rings (SSSR count). The number of fused-ring (bicyclic) bond motifs is 1. The van der Waals surface area contributed by atoms with E-state index in [2.05, 4.69) is 4.98 Å². The number of furan rings is 1. The Labute approximate surface area is 137 Å². The summed E-state index contributed by atoms with van der Waals surface area (Å²) in [5.74, 6) is 0.871. The zero-order chi connectivity index (χ0) is 17.3. The lowest BCUT2D eigenvalue weighted by molar-refractivity contribution is -0.000200. The molecule has 0 aliphatic rings. The van der Waals surface area contributed by atoms with Gasteiger partial charge in [-0.2, -0.15) is 0 Å². The van der Waals surface area contributed by atoms with Crippen LogP contribution in [-0.4, -0.2) is 16.4 Å². The van der Waals surface area contributed by atoms with E-state index in [1.165, 1.54) is 13.0 Å². The maximum atomic E-state index is 12.3. The highest BCUT2D eigenvalue weighted by Gasteiger charge is 2.13. The highest BCUT2D eigenvalue weighted by Crippen LogP contribution is 2.21. The molecule has 1 aromatic carbocycles. The van der Waals surface area contributed by atoms with E-state index in [4.69, 9.17) is 13.6 Å². The summed E-state index contributed by atoms with van der Waals surface area (Å²) in [6.07, 6.45) is 2.76. The van der Waals surface area contributed by atoms with Gasteiger partial charge < -0.3 is 18.7 Å². The van der Waals surface area contributed by atoms with Gasteiger partial charge in [-0.25, -0.2) is 9.78 Å². The first-order valence-electron chi connectivity index (χ1n) is 7.54. The Bertz CT molecular complexity index is 1030. The Morgan fingerprint density at radius 3 is 2.62 bits per heavy atom. The molecule has 2 aromatic heterocycles. The van der Waals surface area contributed by atoms with E-state index in [0.717, 1.165) is 5.22 Å². The monoisotopic (exact) mass is 327 g/mol. The van der Waals surface area contributed by atoms with Gasteiger partial charge in [0.1, 0.15) is 11.2 Å². The molecule has 0 saturated heterocycles. The fourth-order valence-electron chi connectivity index (χ4n) is 2.40. The van der Waals surface area contributed by atoms with Crippen LogP contribution in [0, 0.1) is 0 Å². The number of aliphatic hydroxyl groups excluding tert-OH is 1. The van der Waals surface area contributed by atoms with Gasteiger partial charge in [-0.3, -0.25) is 0 Å². The number of rotatable bonds is 3. The van der Waals surface area contributed by atoms with Crippen LogP contribution < -0.4 is 21.0 Å². The fourth-order valence-corrected chi connectivity index (χ4v) is 2.40. The Balaban J connectivity index is 2.15. The molecule has 6 heteroatoms. The molecule has 0 bridgehead atoms. The number of hydrogen-bond acceptors (Lipinski definition) is 6. The SMILES string of the molecule is CC=c1cc(-c2nc3ccc(OC(C)O)cc3c(=O)o2)oc1=CC. The Morgan fingerprint density at radius 2 is 2.00 bits per heavy atom. The van der Waals surface area contributed by atoms with Crippen molar-refractivity contribution < 1.29 is 18.7 Å². The highest BCUT2D eigenvalue weighted by atomic mass is 16.6. The summed E-state index contributed by atoms with van der Waals surface area (Å²) in [5, 5.41) is 10.4. The number of hydrogen-bond donors (Lipinski definition) is 1. The molecule has 0 spiro atoms. The van der Waals surface area contributed by atoms with E-state index in [1.54, 1.807) is 18.2 Å². The van der Waals surface area contributed by atoms with E-state index in [0.29, 0.717) is 22.4 Å². The van der Waals surface area contributed by atoms with Gasteiger partial charge in [0.05, 0.1) is 10.9 Å². The van der Waals surface area contributed by atoms with Crippen LogP contribution in [0.5, 0.6) is 5.75 Å². The number of aliphatic hydroxyl groups is 1. The highest BCUT2D eigenvalue weighted by molar-refractivity contribution is 5.79. The van der Waals surface area contributed by atoms with Crippen molar-refractivity contribution in [3.05, 3.63) is 45.3 Å². The van der Waals surface area contributed by atoms with Crippen molar-refractivity contribution >= 4 is 23.1 Å². The van der Waals surface area contributed by atoms with Crippen LogP contribution in [0.4, 0.5) is 0 Å². The summed E-state index contributed by atoms with van der Waals surface area (Å²) >= 11 is 0. The molecule has 1 unspecified atom stereocenters. The largest absolute Gasteiger partial charge is 0.465 e. The molecule has 2 heterocycles. The molecule has 0 saturated carbocycles. The number of aromatic nitrogens is 1. The third-order valence-corrected chi connectivity index (χ3v) is 3.48. The summed E-state index contributed by atoms with van der Waals surface area (Å²) in [4.78, 5) is 16.6. The second kappa shape index (κ2) is 6.33. The fraction of sp³-hybridized carbons (Fsp3) is 0.222. The minimum atomic E-state index is -0.975. The predicted octanol–water partition coefficient (Wildman–Crippen LogP) is 1.77. The molecule has 6 nitrogen and oxygen atoms in total. The Kier molecular flexibility index (Phi) is 4.22. The van der Waals surface area contributed by atoms with E-state index < -0.39 is 11.9 Å². The standard InChI is InChI=1S/C18H17NO5/c1-4-11-8-16(23-15(11)5-2)17-19-14-7-6-12(22-10(3)20)9-13(14)18(21)24-17/h4-10,20H,1-3H3. The number of nitrogens with zero attached hydrogens (tertiary/aromatic N) is 1. The van der Waals surface area contributed by atoms with Gasteiger partial charge in [-0.15, -0.1) is 0 Å². The van der Waals surface area contributed by atoms with Crippen LogP contribution in [0.15, 0.2) is 37.9 Å². The van der Waals surface area contributed by atoms with E-state index in [9.17, 15) is 9.90 Å². The first-order chi connectivity index (χ1) is 11.5. The van der Waals surface area contributed by atoms with Crippen LogP contribution in [0.1, 0.15) is 20.8 Å². The van der Waals surface area contributed by atoms with Crippen LogP contribution in [0.2, 0.25) is 0 Å². The van der Waals surface area contributed by atoms with E-state index >= 15 is 0 Å². The van der Waals surface area contributed by atoms with Gasteiger partial charge in [-0.05, 0) is 51.1 Å². The second-order valence-corrected chi connectivity index (χ2v) is 5.21. The van der Waals surface area contributed by atoms with Crippen molar-refractivity contribution in [1.82, 2.24) is 4.98 Å². The third kappa shape index (κ3) is 2.96. The van der Waals surface area contributed by atoms with Gasteiger partial charge >= 0.3 is 5.63 Å². The van der Waals surface area contributed by atoms with Crippen molar-refractivity contribution in [2.45, 2.75) is 27.1 Å². The molecule has 1 atom stereocenters.